The molecule has 2 heterocycles. The summed E-state index contributed by atoms with van der Waals surface area (Å²) in [7, 11) is 6.87. The first-order valence-electron chi connectivity index (χ1n) is 14.7. The number of benzene rings is 3. The zero-order valence-corrected chi connectivity index (χ0v) is 26.6. The number of likely N-dealkylation sites (N-methyl/N-ethyl adjacent to an activating group) is 1. The smallest absolute Gasteiger partial charge is 0.302 e. The SMILES string of the molecule is CNCCOc1cc2c(cc1O)CSSC[C@@H]1c3c(ccc4c3O[C@H]2[C@@H]4COC(C)=O)-c2c(OC)cc(O)cc2[C@H]1CCO. The lowest BCUT2D eigenvalue weighted by atomic mass is 9.69. The third kappa shape index (κ3) is 5.55. The van der Waals surface area contributed by atoms with Crippen molar-refractivity contribution < 1.29 is 39.1 Å². The summed E-state index contributed by atoms with van der Waals surface area (Å²) in [5.41, 5.74) is 6.57. The van der Waals surface area contributed by atoms with Gasteiger partial charge >= 0.3 is 5.97 Å². The van der Waals surface area contributed by atoms with Gasteiger partial charge in [-0.15, -0.1) is 0 Å². The third-order valence-electron chi connectivity index (χ3n) is 8.69. The number of nitrogens with one attached hydrogen (secondary N) is 1. The molecule has 234 valence electrons. The topological polar surface area (TPSA) is 127 Å². The Labute approximate surface area is 264 Å². The number of carbonyl (C=O) groups is 1. The molecule has 9 nitrogen and oxygen atoms in total. The van der Waals surface area contributed by atoms with E-state index in [0.29, 0.717) is 36.8 Å². The maximum atomic E-state index is 12.0. The van der Waals surface area contributed by atoms with E-state index in [1.165, 1.54) is 6.92 Å². The van der Waals surface area contributed by atoms with Crippen molar-refractivity contribution >= 4 is 27.6 Å². The van der Waals surface area contributed by atoms with Crippen molar-refractivity contribution in [3.8, 4) is 39.9 Å². The number of esters is 1. The number of aliphatic hydroxyl groups excluding tert-OH is 1. The quantitative estimate of drug-likeness (QED) is 0.133. The number of phenolic OH excluding ortho intramolecular Hbond substituents is 2. The normalized spacial score (nSPS) is 21.4. The number of aromatic hydroxyl groups is 2. The Bertz CT molecular complexity index is 1560. The number of methoxy groups -OCH3 is 1. The molecule has 4 atom stereocenters. The number of phenols is 2. The second kappa shape index (κ2) is 13.0. The van der Waals surface area contributed by atoms with Crippen LogP contribution in [0.25, 0.3) is 11.1 Å². The molecule has 2 aliphatic heterocycles. The average Bonchev–Trinajstić information content (AvgIpc) is 3.36. The molecule has 0 radical (unpaired) electrons. The van der Waals surface area contributed by atoms with E-state index in [-0.39, 0.29) is 48.4 Å². The number of rotatable bonds is 9. The lowest BCUT2D eigenvalue weighted by Crippen LogP contribution is -2.22. The predicted molar refractivity (Wildman–Crippen MR) is 171 cm³/mol. The van der Waals surface area contributed by atoms with Crippen LogP contribution in [0.4, 0.5) is 0 Å². The van der Waals surface area contributed by atoms with Gasteiger partial charge in [0.05, 0.1) is 13.0 Å². The number of ether oxygens (including phenoxy) is 4. The second-order valence-electron chi connectivity index (χ2n) is 11.2. The van der Waals surface area contributed by atoms with Gasteiger partial charge in [0.1, 0.15) is 36.6 Å². The predicted octanol–water partition coefficient (Wildman–Crippen LogP) is 5.61. The maximum Gasteiger partial charge on any atom is 0.302 e. The molecule has 11 heteroatoms. The van der Waals surface area contributed by atoms with Crippen LogP contribution in [0.5, 0.6) is 28.7 Å². The Morgan fingerprint density at radius 2 is 1.91 bits per heavy atom. The molecule has 3 aliphatic rings. The van der Waals surface area contributed by atoms with Crippen molar-refractivity contribution in [3.05, 3.63) is 64.2 Å². The Morgan fingerprint density at radius 1 is 1.07 bits per heavy atom. The van der Waals surface area contributed by atoms with Gasteiger partial charge in [-0.05, 0) is 54.3 Å². The van der Waals surface area contributed by atoms with Crippen LogP contribution in [0.2, 0.25) is 0 Å². The molecule has 0 fully saturated rings. The highest BCUT2D eigenvalue weighted by Gasteiger charge is 2.45. The number of hydrogen-bond acceptors (Lipinski definition) is 11. The highest BCUT2D eigenvalue weighted by atomic mass is 33.1. The summed E-state index contributed by atoms with van der Waals surface area (Å²) in [5, 5.41) is 34.8. The van der Waals surface area contributed by atoms with Crippen molar-refractivity contribution in [2.24, 2.45) is 0 Å². The monoisotopic (exact) mass is 639 g/mol. The van der Waals surface area contributed by atoms with Crippen LogP contribution < -0.4 is 19.5 Å². The van der Waals surface area contributed by atoms with Crippen LogP contribution in [0.1, 0.15) is 65.0 Å². The van der Waals surface area contributed by atoms with E-state index in [1.54, 1.807) is 46.9 Å². The largest absolute Gasteiger partial charge is 0.508 e. The van der Waals surface area contributed by atoms with Gasteiger partial charge in [-0.1, -0.05) is 33.7 Å². The number of carbonyl (C=O) groups excluding carboxylic acids is 1. The van der Waals surface area contributed by atoms with Crippen molar-refractivity contribution in [1.82, 2.24) is 5.32 Å². The first-order valence-corrected chi connectivity index (χ1v) is 17.2. The summed E-state index contributed by atoms with van der Waals surface area (Å²) < 4.78 is 24.3. The van der Waals surface area contributed by atoms with Gasteiger partial charge in [0.2, 0.25) is 0 Å². The maximum absolute atomic E-state index is 12.0. The molecule has 0 aromatic heterocycles. The van der Waals surface area contributed by atoms with E-state index in [4.69, 9.17) is 18.9 Å². The van der Waals surface area contributed by atoms with E-state index < -0.39 is 6.10 Å². The molecule has 0 saturated carbocycles. The van der Waals surface area contributed by atoms with Gasteiger partial charge in [-0.3, -0.25) is 4.79 Å². The van der Waals surface area contributed by atoms with Crippen molar-refractivity contribution in [2.75, 3.05) is 46.3 Å². The minimum Gasteiger partial charge on any atom is -0.508 e. The lowest BCUT2D eigenvalue weighted by Gasteiger charge is -2.37. The van der Waals surface area contributed by atoms with E-state index in [9.17, 15) is 20.1 Å². The minimum absolute atomic E-state index is 0.0135. The van der Waals surface area contributed by atoms with Gasteiger partial charge in [-0.25, -0.2) is 0 Å². The molecule has 1 aliphatic carbocycles. The standard InChI is InChI=1S/C33H37NO8S2/c1-17(36)41-14-25-21-4-5-22-30-24(11-19(37)12-29(30)39-3)20(6-8-35)26-16-44-43-15-18-10-27(38)28(40-9-7-34-2)13-23(18)32(25)42-33(21)31(22)26/h4-5,10-13,20,25-26,32,34-35,37-38H,6-9,14-16H2,1-3H3/t20-,25-,26+,32-/m1/s1. The van der Waals surface area contributed by atoms with Crippen LogP contribution in [0.15, 0.2) is 36.4 Å². The van der Waals surface area contributed by atoms with Crippen LogP contribution >= 0.6 is 21.6 Å². The molecule has 6 rings (SSSR count). The van der Waals surface area contributed by atoms with E-state index in [0.717, 1.165) is 50.4 Å². The zero-order valence-electron chi connectivity index (χ0n) is 24.9. The van der Waals surface area contributed by atoms with E-state index in [1.807, 2.05) is 19.2 Å². The van der Waals surface area contributed by atoms with Crippen LogP contribution in [0.3, 0.4) is 0 Å². The molecule has 2 bridgehead atoms. The van der Waals surface area contributed by atoms with Gasteiger partial charge in [0.25, 0.3) is 0 Å². The number of aliphatic hydroxyl groups is 1. The fourth-order valence-electron chi connectivity index (χ4n) is 6.76. The summed E-state index contributed by atoms with van der Waals surface area (Å²) in [6.07, 6.45) is 0.00204. The Hall–Kier alpha value is -3.25. The van der Waals surface area contributed by atoms with Crippen molar-refractivity contribution in [1.29, 1.82) is 0 Å². The summed E-state index contributed by atoms with van der Waals surface area (Å²) in [6.45, 7) is 2.52. The molecular weight excluding hydrogens is 602 g/mol. The summed E-state index contributed by atoms with van der Waals surface area (Å²) in [6, 6.07) is 11.1. The van der Waals surface area contributed by atoms with E-state index >= 15 is 0 Å². The Balaban J connectivity index is 1.56. The van der Waals surface area contributed by atoms with Gasteiger partial charge < -0.3 is 39.6 Å². The number of hydrogen-bond donors (Lipinski definition) is 4. The molecule has 4 N–H and O–H groups in total. The molecule has 3 aromatic carbocycles. The highest BCUT2D eigenvalue weighted by molar-refractivity contribution is 8.76. The first kappa shape index (κ1) is 30.8. The Kier molecular flexibility index (Phi) is 9.09. The molecule has 0 unspecified atom stereocenters. The van der Waals surface area contributed by atoms with Gasteiger partial charge in [0, 0.05) is 65.8 Å². The summed E-state index contributed by atoms with van der Waals surface area (Å²) in [4.78, 5) is 12.0. The lowest BCUT2D eigenvalue weighted by molar-refractivity contribution is -0.141. The number of fused-ring (bicyclic) bond motifs is 5. The van der Waals surface area contributed by atoms with Crippen LogP contribution in [0, 0.1) is 0 Å². The van der Waals surface area contributed by atoms with E-state index in [2.05, 4.69) is 11.4 Å². The highest BCUT2D eigenvalue weighted by Crippen LogP contribution is 2.61. The zero-order chi connectivity index (χ0) is 31.0. The molecule has 0 saturated heterocycles. The van der Waals surface area contributed by atoms with Gasteiger partial charge in [-0.2, -0.15) is 0 Å². The Morgan fingerprint density at radius 3 is 2.66 bits per heavy atom. The third-order valence-corrected chi connectivity index (χ3v) is 11.0. The molecule has 0 spiro atoms. The van der Waals surface area contributed by atoms with Crippen LogP contribution in [-0.2, 0) is 15.3 Å². The average molecular weight is 640 g/mol. The molecule has 3 aromatic rings. The van der Waals surface area contributed by atoms with Crippen LogP contribution in [-0.4, -0.2) is 67.6 Å². The van der Waals surface area contributed by atoms with Gasteiger partial charge in [0.15, 0.2) is 11.5 Å². The molecular formula is C33H37NO8S2. The van der Waals surface area contributed by atoms with Crippen molar-refractivity contribution in [3.63, 3.8) is 0 Å². The minimum atomic E-state index is -0.498. The molecule has 44 heavy (non-hydrogen) atoms. The summed E-state index contributed by atoms with van der Waals surface area (Å²) >= 11 is 0. The van der Waals surface area contributed by atoms with Crippen molar-refractivity contribution in [2.45, 2.75) is 43.0 Å². The fourth-order valence-corrected chi connectivity index (χ4v) is 9.22. The fraction of sp³-hybridized carbons (Fsp3) is 0.424. The molecule has 0 amide bonds. The summed E-state index contributed by atoms with van der Waals surface area (Å²) in [5.74, 6) is 2.40. The second-order valence-corrected chi connectivity index (χ2v) is 13.8. The first-order chi connectivity index (χ1) is 21.4.